The molecule has 1 atom stereocenters. The lowest BCUT2D eigenvalue weighted by Crippen LogP contribution is -2.41. The number of nitrogens with zero attached hydrogens (tertiary/aromatic N) is 4. The van der Waals surface area contributed by atoms with E-state index < -0.39 is 18.1 Å². The molecule has 1 aliphatic heterocycles. The first-order valence-electron chi connectivity index (χ1n) is 8.47. The molecule has 0 spiro atoms. The van der Waals surface area contributed by atoms with Gasteiger partial charge >= 0.3 is 18.1 Å². The van der Waals surface area contributed by atoms with E-state index in [1.54, 1.807) is 12.3 Å². The van der Waals surface area contributed by atoms with E-state index in [1.807, 2.05) is 0 Å². The number of hydrogen-bond acceptors (Lipinski definition) is 9. The number of hydrogen-bond donors (Lipinski definition) is 0. The Labute approximate surface area is 168 Å². The first-order valence-corrected chi connectivity index (χ1v) is 9.35. The van der Waals surface area contributed by atoms with Gasteiger partial charge in [0.25, 0.3) is 0 Å². The summed E-state index contributed by atoms with van der Waals surface area (Å²) in [5.74, 6) is -2.71. The van der Waals surface area contributed by atoms with E-state index in [9.17, 15) is 27.6 Å². The summed E-state index contributed by atoms with van der Waals surface area (Å²) in [6.45, 7) is 1.57. The number of carbonyl (C=O) groups excluding carboxylic acids is 3. The molecule has 0 aromatic carbocycles. The fraction of sp³-hybridized carbons (Fsp3) is 0.562. The maximum Gasteiger partial charge on any atom is 0.492 e. The van der Waals surface area contributed by atoms with Gasteiger partial charge in [-0.05, 0) is 18.1 Å². The topological polar surface area (TPSA) is 104 Å². The van der Waals surface area contributed by atoms with Crippen molar-refractivity contribution in [2.75, 3.05) is 20.2 Å². The summed E-state index contributed by atoms with van der Waals surface area (Å²) in [6.07, 6.45) is -1.57. The zero-order valence-corrected chi connectivity index (χ0v) is 16.5. The smallest absolute Gasteiger partial charge is 0.469 e. The predicted octanol–water partition coefficient (Wildman–Crippen LogP) is 1.60. The van der Waals surface area contributed by atoms with E-state index in [1.165, 1.54) is 18.7 Å². The van der Waals surface area contributed by atoms with E-state index in [0.29, 0.717) is 17.7 Å². The van der Waals surface area contributed by atoms with Crippen molar-refractivity contribution in [2.45, 2.75) is 37.7 Å². The molecule has 1 aromatic rings. The largest absolute Gasteiger partial charge is 0.492 e. The molecule has 160 valence electrons. The summed E-state index contributed by atoms with van der Waals surface area (Å²) in [5, 5.41) is 8.26. The van der Waals surface area contributed by atoms with Gasteiger partial charge in [-0.25, -0.2) is 4.79 Å². The number of aryl methyl sites for hydroxylation is 1. The van der Waals surface area contributed by atoms with Crippen LogP contribution in [0.2, 0.25) is 0 Å². The molecule has 1 aliphatic rings. The summed E-state index contributed by atoms with van der Waals surface area (Å²) >= 11 is 1.04. The van der Waals surface area contributed by atoms with Crippen molar-refractivity contribution in [3.05, 3.63) is 17.5 Å². The minimum absolute atomic E-state index is 0.0515. The molecule has 0 amide bonds. The monoisotopic (exact) mass is 436 g/mol. The van der Waals surface area contributed by atoms with Crippen LogP contribution in [0.3, 0.4) is 0 Å². The molecule has 29 heavy (non-hydrogen) atoms. The van der Waals surface area contributed by atoms with Gasteiger partial charge in [-0.15, -0.1) is 10.2 Å². The van der Waals surface area contributed by atoms with Crippen LogP contribution in [0.15, 0.2) is 11.8 Å². The highest BCUT2D eigenvalue weighted by molar-refractivity contribution is 8.14. The van der Waals surface area contributed by atoms with Gasteiger partial charge in [-0.2, -0.15) is 13.2 Å². The molecule has 0 saturated carbocycles. The fourth-order valence-electron chi connectivity index (χ4n) is 2.54. The molecule has 1 saturated heterocycles. The quantitative estimate of drug-likeness (QED) is 0.615. The Hall–Kier alpha value is -2.41. The molecule has 0 N–H and O–H groups in total. The van der Waals surface area contributed by atoms with E-state index in [4.69, 9.17) is 0 Å². The summed E-state index contributed by atoms with van der Waals surface area (Å²) in [7, 11) is 1.27. The highest BCUT2D eigenvalue weighted by atomic mass is 32.2. The first-order chi connectivity index (χ1) is 13.6. The number of aromatic nitrogens is 3. The first kappa shape index (κ1) is 22.9. The number of alkyl halides is 3. The van der Waals surface area contributed by atoms with Gasteiger partial charge in [0, 0.05) is 18.7 Å². The third-order valence-electron chi connectivity index (χ3n) is 3.83. The zero-order chi connectivity index (χ0) is 21.6. The van der Waals surface area contributed by atoms with Crippen LogP contribution >= 0.6 is 11.8 Å². The molecule has 0 radical (unpaired) electrons. The Morgan fingerprint density at radius 3 is 2.72 bits per heavy atom. The van der Waals surface area contributed by atoms with Crippen LogP contribution in [-0.4, -0.2) is 68.7 Å². The second-order valence-electron chi connectivity index (χ2n) is 6.08. The van der Waals surface area contributed by atoms with Gasteiger partial charge in [0.2, 0.25) is 0 Å². The van der Waals surface area contributed by atoms with Gasteiger partial charge in [-0.1, -0.05) is 17.0 Å². The third kappa shape index (κ3) is 7.16. The van der Waals surface area contributed by atoms with Crippen molar-refractivity contribution >= 4 is 34.9 Å². The lowest BCUT2D eigenvalue weighted by Gasteiger charge is -2.32. The van der Waals surface area contributed by atoms with Crippen molar-refractivity contribution in [3.63, 3.8) is 0 Å². The van der Waals surface area contributed by atoms with E-state index in [0.717, 1.165) is 16.8 Å². The fourth-order valence-corrected chi connectivity index (χ4v) is 3.46. The van der Waals surface area contributed by atoms with Crippen molar-refractivity contribution in [1.29, 1.82) is 0 Å². The molecule has 1 aromatic heterocycles. The van der Waals surface area contributed by atoms with Crippen molar-refractivity contribution in [2.24, 2.45) is 0 Å². The second kappa shape index (κ2) is 9.87. The molecule has 0 aliphatic carbocycles. The van der Waals surface area contributed by atoms with Crippen LogP contribution in [-0.2, 0) is 30.5 Å². The highest BCUT2D eigenvalue weighted by Gasteiger charge is 2.43. The lowest BCUT2D eigenvalue weighted by atomic mass is 10.0. The zero-order valence-electron chi connectivity index (χ0n) is 15.6. The van der Waals surface area contributed by atoms with Gasteiger partial charge in [0.1, 0.15) is 5.69 Å². The number of rotatable bonds is 6. The number of carbonyl (C=O) groups is 3. The maximum absolute atomic E-state index is 12.4. The molecule has 0 bridgehead atoms. The van der Waals surface area contributed by atoms with Crippen LogP contribution in [0.25, 0.3) is 6.08 Å². The minimum atomic E-state index is -5.10. The molecule has 9 nitrogen and oxygen atoms in total. The van der Waals surface area contributed by atoms with Gasteiger partial charge < -0.3 is 9.57 Å². The van der Waals surface area contributed by atoms with Crippen molar-refractivity contribution in [3.8, 4) is 0 Å². The number of piperidine rings is 1. The van der Waals surface area contributed by atoms with E-state index in [2.05, 4.69) is 19.9 Å². The summed E-state index contributed by atoms with van der Waals surface area (Å²) in [6, 6.07) is 0. The average Bonchev–Trinajstić information content (AvgIpc) is 3.08. The van der Waals surface area contributed by atoms with Crippen molar-refractivity contribution in [1.82, 2.24) is 20.1 Å². The number of esters is 1. The Bertz CT molecular complexity index is 796. The van der Waals surface area contributed by atoms with Gasteiger partial charge in [0.15, 0.2) is 5.12 Å². The number of halogens is 3. The van der Waals surface area contributed by atoms with Crippen LogP contribution in [0, 0.1) is 0 Å². The Balaban J connectivity index is 2.13. The van der Waals surface area contributed by atoms with Gasteiger partial charge in [-0.3, -0.25) is 14.3 Å². The van der Waals surface area contributed by atoms with Gasteiger partial charge in [0.05, 0.1) is 32.8 Å². The van der Waals surface area contributed by atoms with Crippen LogP contribution in [0.4, 0.5) is 13.2 Å². The Morgan fingerprint density at radius 1 is 1.38 bits per heavy atom. The molecular weight excluding hydrogens is 417 g/mol. The molecular formula is C16H19F3N4O5S. The van der Waals surface area contributed by atoms with E-state index in [-0.39, 0.29) is 36.4 Å². The SMILES string of the molecule is COC(=O)CCn1cc(/C=C2\CN(OC(=O)C(F)(F)F)CCC2SC(C)=O)nn1. The lowest BCUT2D eigenvalue weighted by molar-refractivity contribution is -0.238. The minimum Gasteiger partial charge on any atom is -0.469 e. The number of hydroxylamine groups is 2. The second-order valence-corrected chi connectivity index (χ2v) is 7.46. The number of ether oxygens (including phenoxy) is 1. The van der Waals surface area contributed by atoms with E-state index >= 15 is 0 Å². The predicted molar refractivity (Wildman–Crippen MR) is 95.0 cm³/mol. The highest BCUT2D eigenvalue weighted by Crippen LogP contribution is 2.30. The summed E-state index contributed by atoms with van der Waals surface area (Å²) < 4.78 is 43.3. The van der Waals surface area contributed by atoms with Crippen LogP contribution < -0.4 is 0 Å². The molecule has 2 heterocycles. The molecule has 1 unspecified atom stereocenters. The average molecular weight is 436 g/mol. The maximum atomic E-state index is 12.4. The molecule has 1 fully saturated rings. The summed E-state index contributed by atoms with van der Waals surface area (Å²) in [4.78, 5) is 38.2. The number of methoxy groups -OCH3 is 1. The molecule has 2 rings (SSSR count). The van der Waals surface area contributed by atoms with Crippen LogP contribution in [0.1, 0.15) is 25.5 Å². The summed E-state index contributed by atoms with van der Waals surface area (Å²) in [5.41, 5.74) is 0.953. The number of thioether (sulfide) groups is 1. The van der Waals surface area contributed by atoms with Crippen LogP contribution in [0.5, 0.6) is 0 Å². The standard InChI is InChI=1S/C16H19F3N4O5S/c1-10(24)29-13-3-6-23(28-15(26)16(17,18)19)8-11(13)7-12-9-22(21-20-12)5-4-14(25)27-2/h7,9,13H,3-6,8H2,1-2H3/b11-7+. The molecule has 13 heteroatoms. The normalized spacial score (nSPS) is 19.2. The third-order valence-corrected chi connectivity index (χ3v) is 4.98. The Morgan fingerprint density at radius 2 is 2.10 bits per heavy atom. The Kier molecular flexibility index (Phi) is 7.79. The van der Waals surface area contributed by atoms with Crippen molar-refractivity contribution < 1.29 is 37.1 Å².